The summed E-state index contributed by atoms with van der Waals surface area (Å²) in [6, 6.07) is 0. The Kier molecular flexibility index (Phi) is 5.54. The topological polar surface area (TPSA) is 17.1 Å². The molecular formula is C16H28O. The molecule has 0 amide bonds. The lowest BCUT2D eigenvalue weighted by Crippen LogP contribution is -2.22. The molecule has 0 saturated heterocycles. The molecule has 1 nitrogen and oxygen atoms in total. The van der Waals surface area contributed by atoms with Gasteiger partial charge in [-0.05, 0) is 25.7 Å². The fraction of sp³-hybridized carbons (Fsp3) is 0.938. The van der Waals surface area contributed by atoms with Crippen molar-refractivity contribution in [3.8, 4) is 0 Å². The van der Waals surface area contributed by atoms with Gasteiger partial charge in [0.25, 0.3) is 0 Å². The molecule has 2 aliphatic carbocycles. The molecule has 98 valence electrons. The highest BCUT2D eigenvalue weighted by Gasteiger charge is 2.28. The molecule has 2 aliphatic rings. The second-order valence-electron chi connectivity index (χ2n) is 6.13. The molecule has 2 atom stereocenters. The Morgan fingerprint density at radius 1 is 0.529 bits per heavy atom. The van der Waals surface area contributed by atoms with Gasteiger partial charge in [-0.1, -0.05) is 57.8 Å². The Morgan fingerprint density at radius 3 is 1.24 bits per heavy atom. The number of carbonyl (C=O) groups is 1. The van der Waals surface area contributed by atoms with Crippen molar-refractivity contribution >= 4 is 5.78 Å². The summed E-state index contributed by atoms with van der Waals surface area (Å²) in [4.78, 5) is 12.5. The summed E-state index contributed by atoms with van der Waals surface area (Å²) >= 11 is 0. The Labute approximate surface area is 106 Å². The van der Waals surface area contributed by atoms with Crippen molar-refractivity contribution in [1.82, 2.24) is 0 Å². The summed E-state index contributed by atoms with van der Waals surface area (Å²) in [6.45, 7) is 0. The number of fused-ring (bicyclic) bond motifs is 2. The third-order valence-electron chi connectivity index (χ3n) is 4.77. The number of ketones is 1. The van der Waals surface area contributed by atoms with Crippen molar-refractivity contribution in [2.24, 2.45) is 11.8 Å². The van der Waals surface area contributed by atoms with E-state index in [0.29, 0.717) is 17.6 Å². The number of carbonyl (C=O) groups excluding carboxylic acids is 1. The molecule has 0 radical (unpaired) electrons. The zero-order chi connectivity index (χ0) is 11.9. The van der Waals surface area contributed by atoms with Crippen molar-refractivity contribution in [2.45, 2.75) is 83.5 Å². The van der Waals surface area contributed by atoms with E-state index in [1.807, 2.05) is 0 Å². The predicted octanol–water partition coefficient (Wildman–Crippen LogP) is 4.89. The quantitative estimate of drug-likeness (QED) is 0.585. The maximum atomic E-state index is 12.5. The van der Waals surface area contributed by atoms with E-state index in [-0.39, 0.29) is 0 Å². The van der Waals surface area contributed by atoms with E-state index in [9.17, 15) is 4.79 Å². The number of hydrogen-bond acceptors (Lipinski definition) is 1. The van der Waals surface area contributed by atoms with Gasteiger partial charge in [-0.25, -0.2) is 0 Å². The first-order chi connectivity index (χ1) is 8.38. The van der Waals surface area contributed by atoms with Gasteiger partial charge < -0.3 is 0 Å². The van der Waals surface area contributed by atoms with Crippen molar-refractivity contribution in [3.05, 3.63) is 0 Å². The van der Waals surface area contributed by atoms with E-state index in [2.05, 4.69) is 0 Å². The van der Waals surface area contributed by atoms with E-state index in [1.165, 1.54) is 83.5 Å². The Morgan fingerprint density at radius 2 is 0.824 bits per heavy atom. The molecule has 0 N–H and O–H groups in total. The molecule has 0 aromatic carbocycles. The summed E-state index contributed by atoms with van der Waals surface area (Å²) in [7, 11) is 0. The normalized spacial score (nSPS) is 33.3. The molecule has 2 bridgehead atoms. The third-order valence-corrected chi connectivity index (χ3v) is 4.77. The second-order valence-corrected chi connectivity index (χ2v) is 6.13. The fourth-order valence-corrected chi connectivity index (χ4v) is 3.64. The van der Waals surface area contributed by atoms with Crippen LogP contribution in [0, 0.1) is 11.8 Å². The van der Waals surface area contributed by atoms with Crippen LogP contribution < -0.4 is 0 Å². The highest BCUT2D eigenvalue weighted by molar-refractivity contribution is 5.83. The lowest BCUT2D eigenvalue weighted by molar-refractivity contribution is -0.127. The van der Waals surface area contributed by atoms with Crippen LogP contribution in [0.1, 0.15) is 83.5 Å². The van der Waals surface area contributed by atoms with Crippen molar-refractivity contribution in [1.29, 1.82) is 0 Å². The maximum Gasteiger partial charge on any atom is 0.139 e. The van der Waals surface area contributed by atoms with Gasteiger partial charge in [0.2, 0.25) is 0 Å². The van der Waals surface area contributed by atoms with Crippen LogP contribution in [0.3, 0.4) is 0 Å². The lowest BCUT2D eigenvalue weighted by Gasteiger charge is -2.19. The Bertz CT molecular complexity index is 212. The van der Waals surface area contributed by atoms with Crippen LogP contribution in [-0.4, -0.2) is 5.78 Å². The van der Waals surface area contributed by atoms with Crippen LogP contribution in [0.2, 0.25) is 0 Å². The maximum absolute atomic E-state index is 12.5. The van der Waals surface area contributed by atoms with E-state index < -0.39 is 0 Å². The molecular weight excluding hydrogens is 208 g/mol. The zero-order valence-electron chi connectivity index (χ0n) is 11.3. The minimum absolute atomic E-state index is 0.432. The van der Waals surface area contributed by atoms with Crippen LogP contribution in [0.25, 0.3) is 0 Å². The average Bonchev–Trinajstić information content (AvgIpc) is 2.50. The minimum atomic E-state index is 0.432. The van der Waals surface area contributed by atoms with Gasteiger partial charge >= 0.3 is 0 Å². The first kappa shape index (κ1) is 13.1. The van der Waals surface area contributed by atoms with Crippen molar-refractivity contribution < 1.29 is 4.79 Å². The first-order valence-corrected chi connectivity index (χ1v) is 7.91. The molecule has 2 saturated carbocycles. The number of hydrogen-bond donors (Lipinski definition) is 0. The van der Waals surface area contributed by atoms with Crippen LogP contribution >= 0.6 is 0 Å². The molecule has 1 heteroatoms. The monoisotopic (exact) mass is 236 g/mol. The highest BCUT2D eigenvalue weighted by atomic mass is 16.1. The second kappa shape index (κ2) is 7.18. The van der Waals surface area contributed by atoms with E-state index in [4.69, 9.17) is 0 Å². The smallest absolute Gasteiger partial charge is 0.139 e. The molecule has 0 aliphatic heterocycles. The summed E-state index contributed by atoms with van der Waals surface area (Å²) in [5.41, 5.74) is 0. The largest absolute Gasteiger partial charge is 0.299 e. The Balaban J connectivity index is 1.95. The van der Waals surface area contributed by atoms with E-state index >= 15 is 0 Å². The van der Waals surface area contributed by atoms with Gasteiger partial charge in [0.05, 0.1) is 0 Å². The van der Waals surface area contributed by atoms with Crippen LogP contribution in [0.4, 0.5) is 0 Å². The van der Waals surface area contributed by atoms with Gasteiger partial charge in [0.1, 0.15) is 5.78 Å². The SMILES string of the molecule is O=C1C2CCCCCCCCCC1CCCC2. The van der Waals surface area contributed by atoms with Gasteiger partial charge in [-0.15, -0.1) is 0 Å². The molecule has 0 heterocycles. The summed E-state index contributed by atoms with van der Waals surface area (Å²) in [5.74, 6) is 1.51. The van der Waals surface area contributed by atoms with Crippen LogP contribution in [0.5, 0.6) is 0 Å². The van der Waals surface area contributed by atoms with Gasteiger partial charge in [0, 0.05) is 11.8 Å². The highest BCUT2D eigenvalue weighted by Crippen LogP contribution is 2.31. The van der Waals surface area contributed by atoms with Crippen molar-refractivity contribution in [2.75, 3.05) is 0 Å². The van der Waals surface area contributed by atoms with Gasteiger partial charge in [-0.3, -0.25) is 4.79 Å². The molecule has 0 aromatic heterocycles. The molecule has 2 unspecified atom stereocenters. The van der Waals surface area contributed by atoms with E-state index in [1.54, 1.807) is 0 Å². The number of rotatable bonds is 0. The third kappa shape index (κ3) is 4.12. The molecule has 17 heavy (non-hydrogen) atoms. The zero-order valence-corrected chi connectivity index (χ0v) is 11.3. The average molecular weight is 236 g/mol. The molecule has 0 spiro atoms. The standard InChI is InChI=1S/C16H28O/c17-16-14-10-6-4-2-1-3-5-7-11-15(16)13-9-8-12-14/h14-15H,1-13H2. The first-order valence-electron chi connectivity index (χ1n) is 7.91. The van der Waals surface area contributed by atoms with E-state index in [0.717, 1.165) is 0 Å². The summed E-state index contributed by atoms with van der Waals surface area (Å²) in [5, 5.41) is 0. The van der Waals surface area contributed by atoms with Crippen molar-refractivity contribution in [3.63, 3.8) is 0 Å². The minimum Gasteiger partial charge on any atom is -0.299 e. The predicted molar refractivity (Wildman–Crippen MR) is 72.0 cm³/mol. The van der Waals surface area contributed by atoms with Crippen LogP contribution in [0.15, 0.2) is 0 Å². The Hall–Kier alpha value is -0.330. The fourth-order valence-electron chi connectivity index (χ4n) is 3.64. The number of Topliss-reactive ketones (excluding diaryl/α,β-unsaturated/α-hetero) is 1. The van der Waals surface area contributed by atoms with Gasteiger partial charge in [-0.2, -0.15) is 0 Å². The summed E-state index contributed by atoms with van der Waals surface area (Å²) < 4.78 is 0. The van der Waals surface area contributed by atoms with Crippen LogP contribution in [-0.2, 0) is 4.79 Å². The van der Waals surface area contributed by atoms with Gasteiger partial charge in [0.15, 0.2) is 0 Å². The molecule has 0 aromatic rings. The summed E-state index contributed by atoms with van der Waals surface area (Å²) in [6.07, 6.45) is 16.9. The lowest BCUT2D eigenvalue weighted by atomic mass is 9.84. The molecule has 2 rings (SSSR count). The molecule has 2 fully saturated rings.